The number of imidazole rings is 1. The predicted octanol–water partition coefficient (Wildman–Crippen LogP) is 1.90. The van der Waals surface area contributed by atoms with Crippen LogP contribution in [0, 0.1) is 6.92 Å². The van der Waals surface area contributed by atoms with Crippen molar-refractivity contribution in [2.24, 2.45) is 0 Å². The minimum atomic E-state index is -0.0446. The summed E-state index contributed by atoms with van der Waals surface area (Å²) in [5.74, 6) is -0.0446. The third kappa shape index (κ3) is 2.36. The van der Waals surface area contributed by atoms with E-state index in [9.17, 15) is 4.79 Å². The van der Waals surface area contributed by atoms with Crippen LogP contribution in [0.3, 0.4) is 0 Å². The van der Waals surface area contributed by atoms with Gasteiger partial charge < -0.3 is 4.90 Å². The summed E-state index contributed by atoms with van der Waals surface area (Å²) in [6.45, 7) is 1.99. The minimum absolute atomic E-state index is 0.0446. The fraction of sp³-hybridized carbons (Fsp3) is 0.231. The summed E-state index contributed by atoms with van der Waals surface area (Å²) in [6.07, 6.45) is 6.81. The number of pyridine rings is 1. The number of nitrogens with zero attached hydrogens (tertiary/aromatic N) is 3. The number of fused-ring (bicyclic) bond motifs is 1. The standard InChI is InChI=1S/C13H15N3O/c1-10-4-5-13-14-8-11(16(13)9-10)12(17)6-7-15(2)3/h4-9H,1-3H3. The van der Waals surface area contributed by atoms with Crippen LogP contribution in [0.25, 0.3) is 5.65 Å². The largest absolute Gasteiger partial charge is 0.383 e. The summed E-state index contributed by atoms with van der Waals surface area (Å²) in [5, 5.41) is 0. The lowest BCUT2D eigenvalue weighted by atomic mass is 10.2. The van der Waals surface area contributed by atoms with Crippen molar-refractivity contribution >= 4 is 11.4 Å². The first-order valence-electron chi connectivity index (χ1n) is 5.40. The second kappa shape index (κ2) is 4.41. The molecule has 4 heteroatoms. The molecule has 88 valence electrons. The fourth-order valence-corrected chi connectivity index (χ4v) is 1.57. The van der Waals surface area contributed by atoms with Crippen molar-refractivity contribution in [1.29, 1.82) is 0 Å². The highest BCUT2D eigenvalue weighted by atomic mass is 16.1. The molecule has 0 amide bonds. The summed E-state index contributed by atoms with van der Waals surface area (Å²) < 4.78 is 1.82. The number of hydrogen-bond acceptors (Lipinski definition) is 3. The van der Waals surface area contributed by atoms with Gasteiger partial charge in [0.05, 0.1) is 6.20 Å². The quantitative estimate of drug-likeness (QED) is 0.596. The molecule has 0 aliphatic rings. The molecule has 0 saturated carbocycles. The monoisotopic (exact) mass is 229 g/mol. The Morgan fingerprint density at radius 1 is 1.41 bits per heavy atom. The maximum Gasteiger partial charge on any atom is 0.205 e. The highest BCUT2D eigenvalue weighted by Crippen LogP contribution is 2.09. The maximum absolute atomic E-state index is 12.0. The van der Waals surface area contributed by atoms with Crippen LogP contribution in [-0.4, -0.2) is 34.2 Å². The first kappa shape index (κ1) is 11.4. The number of hydrogen-bond donors (Lipinski definition) is 0. The topological polar surface area (TPSA) is 37.6 Å². The van der Waals surface area contributed by atoms with Crippen LogP contribution in [0.1, 0.15) is 16.1 Å². The summed E-state index contributed by atoms with van der Waals surface area (Å²) in [6, 6.07) is 3.88. The van der Waals surface area contributed by atoms with Gasteiger partial charge in [-0.3, -0.25) is 9.20 Å². The van der Waals surface area contributed by atoms with Crippen LogP contribution < -0.4 is 0 Å². The lowest BCUT2D eigenvalue weighted by molar-refractivity contribution is 0.104. The predicted molar refractivity (Wildman–Crippen MR) is 67.1 cm³/mol. The molecule has 0 unspecified atom stereocenters. The number of ketones is 1. The zero-order valence-electron chi connectivity index (χ0n) is 10.2. The Hall–Kier alpha value is -2.10. The molecule has 0 saturated heterocycles. The smallest absolute Gasteiger partial charge is 0.205 e. The third-order valence-electron chi connectivity index (χ3n) is 2.43. The van der Waals surface area contributed by atoms with Crippen LogP contribution >= 0.6 is 0 Å². The molecule has 0 radical (unpaired) electrons. The Kier molecular flexibility index (Phi) is 2.95. The zero-order chi connectivity index (χ0) is 12.4. The lowest BCUT2D eigenvalue weighted by Crippen LogP contribution is -2.05. The van der Waals surface area contributed by atoms with Crippen molar-refractivity contribution in [2.45, 2.75) is 6.92 Å². The number of rotatable bonds is 3. The van der Waals surface area contributed by atoms with Gasteiger partial charge in [-0.1, -0.05) is 6.07 Å². The van der Waals surface area contributed by atoms with Crippen LogP contribution in [0.2, 0.25) is 0 Å². The molecule has 0 aliphatic carbocycles. The maximum atomic E-state index is 12.0. The van der Waals surface area contributed by atoms with Gasteiger partial charge in [-0.05, 0) is 18.6 Å². The number of carbonyl (C=O) groups is 1. The summed E-state index contributed by atoms with van der Waals surface area (Å²) in [4.78, 5) is 18.0. The van der Waals surface area contributed by atoms with E-state index in [0.717, 1.165) is 11.2 Å². The number of carbonyl (C=O) groups excluding carboxylic acids is 1. The summed E-state index contributed by atoms with van der Waals surface area (Å²) in [5.41, 5.74) is 2.47. The van der Waals surface area contributed by atoms with E-state index < -0.39 is 0 Å². The third-order valence-corrected chi connectivity index (χ3v) is 2.43. The molecular formula is C13H15N3O. The van der Waals surface area contributed by atoms with Crippen LogP contribution in [-0.2, 0) is 0 Å². The number of aromatic nitrogens is 2. The number of allylic oxidation sites excluding steroid dienone is 1. The molecule has 4 nitrogen and oxygen atoms in total. The van der Waals surface area contributed by atoms with Gasteiger partial charge in [0, 0.05) is 32.6 Å². The Balaban J connectivity index is 2.42. The molecule has 0 aliphatic heterocycles. The Bertz CT molecular complexity index is 581. The number of aryl methyl sites for hydroxylation is 1. The Labute approximate surface area is 100 Å². The highest BCUT2D eigenvalue weighted by molar-refractivity contribution is 6.03. The van der Waals surface area contributed by atoms with Gasteiger partial charge >= 0.3 is 0 Å². The van der Waals surface area contributed by atoms with E-state index in [4.69, 9.17) is 0 Å². The Morgan fingerprint density at radius 3 is 2.88 bits per heavy atom. The van der Waals surface area contributed by atoms with Crippen LogP contribution in [0.15, 0.2) is 36.8 Å². The van der Waals surface area contributed by atoms with Gasteiger partial charge in [-0.15, -0.1) is 0 Å². The normalized spacial score (nSPS) is 11.2. The SMILES string of the molecule is Cc1ccc2ncc(C(=O)C=CN(C)C)n2c1. The van der Waals surface area contributed by atoms with Gasteiger partial charge in [-0.25, -0.2) is 4.98 Å². The van der Waals surface area contributed by atoms with Crippen molar-refractivity contribution in [3.63, 3.8) is 0 Å². The molecular weight excluding hydrogens is 214 g/mol. The van der Waals surface area contributed by atoms with Gasteiger partial charge in [-0.2, -0.15) is 0 Å². The summed E-state index contributed by atoms with van der Waals surface area (Å²) >= 11 is 0. The van der Waals surface area contributed by atoms with E-state index in [-0.39, 0.29) is 5.78 Å². The molecule has 0 aromatic carbocycles. The summed E-state index contributed by atoms with van der Waals surface area (Å²) in [7, 11) is 3.75. The van der Waals surface area contributed by atoms with E-state index >= 15 is 0 Å². The zero-order valence-corrected chi connectivity index (χ0v) is 10.2. The first-order chi connectivity index (χ1) is 8.08. The molecule has 2 heterocycles. The van der Waals surface area contributed by atoms with E-state index in [1.165, 1.54) is 0 Å². The van der Waals surface area contributed by atoms with Gasteiger partial charge in [0.25, 0.3) is 0 Å². The van der Waals surface area contributed by atoms with E-state index in [1.807, 2.05) is 48.6 Å². The van der Waals surface area contributed by atoms with E-state index in [2.05, 4.69) is 4.98 Å². The van der Waals surface area contributed by atoms with Crippen molar-refractivity contribution in [1.82, 2.24) is 14.3 Å². The highest BCUT2D eigenvalue weighted by Gasteiger charge is 2.09. The molecule has 2 rings (SSSR count). The molecule has 0 atom stereocenters. The van der Waals surface area contributed by atoms with Crippen molar-refractivity contribution in [2.75, 3.05) is 14.1 Å². The van der Waals surface area contributed by atoms with Gasteiger partial charge in [0.2, 0.25) is 5.78 Å². The second-order valence-corrected chi connectivity index (χ2v) is 4.22. The molecule has 17 heavy (non-hydrogen) atoms. The van der Waals surface area contributed by atoms with Gasteiger partial charge in [0.15, 0.2) is 0 Å². The van der Waals surface area contributed by atoms with E-state index in [0.29, 0.717) is 5.69 Å². The van der Waals surface area contributed by atoms with Crippen LogP contribution in [0.4, 0.5) is 0 Å². The fourth-order valence-electron chi connectivity index (χ4n) is 1.57. The molecule has 0 spiro atoms. The second-order valence-electron chi connectivity index (χ2n) is 4.22. The van der Waals surface area contributed by atoms with Gasteiger partial charge in [0.1, 0.15) is 11.3 Å². The first-order valence-corrected chi connectivity index (χ1v) is 5.40. The molecule has 0 bridgehead atoms. The molecule has 0 fully saturated rings. The molecule has 2 aromatic heterocycles. The average Bonchev–Trinajstić information content (AvgIpc) is 2.68. The average molecular weight is 229 g/mol. The van der Waals surface area contributed by atoms with Crippen molar-refractivity contribution < 1.29 is 4.79 Å². The van der Waals surface area contributed by atoms with Crippen molar-refractivity contribution in [3.8, 4) is 0 Å². The molecule has 2 aromatic rings. The van der Waals surface area contributed by atoms with Crippen LogP contribution in [0.5, 0.6) is 0 Å². The molecule has 0 N–H and O–H groups in total. The lowest BCUT2D eigenvalue weighted by Gasteiger charge is -2.03. The van der Waals surface area contributed by atoms with E-state index in [1.54, 1.807) is 18.5 Å². The minimum Gasteiger partial charge on any atom is -0.383 e. The van der Waals surface area contributed by atoms with Crippen molar-refractivity contribution in [3.05, 3.63) is 48.1 Å². The Morgan fingerprint density at radius 2 is 2.18 bits per heavy atom.